The zero-order valence-electron chi connectivity index (χ0n) is 16.6. The van der Waals surface area contributed by atoms with Crippen molar-refractivity contribution in [3.05, 3.63) is 40.6 Å². The minimum absolute atomic E-state index is 0.225. The molecule has 0 aliphatic carbocycles. The fraction of sp³-hybridized carbons (Fsp3) is 0.474. The number of methoxy groups -OCH3 is 1. The van der Waals surface area contributed by atoms with Crippen LogP contribution in [0.4, 0.5) is 11.8 Å². The first-order chi connectivity index (χ1) is 13.2. The predicted molar refractivity (Wildman–Crippen MR) is 111 cm³/mol. The number of aryl methyl sites for hydroxylation is 1. The lowest BCUT2D eigenvalue weighted by molar-refractivity contribution is 0.371. The van der Waals surface area contributed by atoms with Crippen LogP contribution in [0, 0.1) is 6.92 Å². The highest BCUT2D eigenvalue weighted by atomic mass is 31.2. The van der Waals surface area contributed by atoms with Gasteiger partial charge in [0.25, 0.3) is 0 Å². The average molecular weight is 408 g/mol. The fourth-order valence-electron chi connectivity index (χ4n) is 3.02. The molecule has 0 amide bonds. The topological polar surface area (TPSA) is 131 Å². The molecular weight excluding hydrogens is 379 g/mol. The summed E-state index contributed by atoms with van der Waals surface area (Å²) in [5.41, 5.74) is 8.94. The van der Waals surface area contributed by atoms with Gasteiger partial charge in [-0.3, -0.25) is 4.57 Å². The van der Waals surface area contributed by atoms with Crippen LogP contribution < -0.4 is 15.8 Å². The Hall–Kier alpha value is -2.15. The number of nitrogens with two attached hydrogens (primary N) is 1. The number of rotatable bonds is 10. The lowest BCUT2D eigenvalue weighted by atomic mass is 10.0. The van der Waals surface area contributed by atoms with E-state index in [0.717, 1.165) is 42.6 Å². The molecule has 8 nitrogen and oxygen atoms in total. The molecule has 0 atom stereocenters. The molecule has 0 spiro atoms. The summed E-state index contributed by atoms with van der Waals surface area (Å²) >= 11 is 0. The lowest BCUT2D eigenvalue weighted by Gasteiger charge is -2.16. The third-order valence-corrected chi connectivity index (χ3v) is 5.19. The summed E-state index contributed by atoms with van der Waals surface area (Å²) in [4.78, 5) is 27.0. The van der Waals surface area contributed by atoms with Crippen molar-refractivity contribution in [1.29, 1.82) is 0 Å². The zero-order valence-corrected chi connectivity index (χ0v) is 17.5. The number of nitrogen functional groups attached to an aromatic ring is 1. The van der Waals surface area contributed by atoms with Crippen molar-refractivity contribution in [1.82, 2.24) is 9.97 Å². The molecule has 5 N–H and O–H groups in total. The molecule has 2 aromatic rings. The zero-order chi connectivity index (χ0) is 20.7. The van der Waals surface area contributed by atoms with Crippen LogP contribution in [0.3, 0.4) is 0 Å². The van der Waals surface area contributed by atoms with Crippen LogP contribution in [0.5, 0.6) is 5.75 Å². The molecule has 0 radical (unpaired) electrons. The molecule has 0 aliphatic heterocycles. The molecule has 1 aromatic carbocycles. The highest BCUT2D eigenvalue weighted by Gasteiger charge is 2.17. The lowest BCUT2D eigenvalue weighted by Crippen LogP contribution is -2.12. The molecule has 154 valence electrons. The van der Waals surface area contributed by atoms with E-state index in [-0.39, 0.29) is 12.1 Å². The van der Waals surface area contributed by atoms with Crippen LogP contribution in [0.15, 0.2) is 18.2 Å². The molecule has 28 heavy (non-hydrogen) atoms. The van der Waals surface area contributed by atoms with E-state index in [2.05, 4.69) is 22.2 Å². The summed E-state index contributed by atoms with van der Waals surface area (Å²) in [5.74, 6) is 1.50. The second-order valence-electron chi connectivity index (χ2n) is 6.77. The summed E-state index contributed by atoms with van der Waals surface area (Å²) in [7, 11) is -2.60. The number of anilines is 2. The van der Waals surface area contributed by atoms with E-state index in [0.29, 0.717) is 23.6 Å². The molecule has 0 saturated carbocycles. The summed E-state index contributed by atoms with van der Waals surface area (Å²) in [6, 6.07) is 5.19. The SMILES string of the molecule is CCCCCNc1nc(N)nc(C)c1Cc1ccc(CP(=O)(O)O)cc1OC. The van der Waals surface area contributed by atoms with Gasteiger partial charge in [-0.2, -0.15) is 4.98 Å². The second-order valence-corrected chi connectivity index (χ2v) is 8.42. The van der Waals surface area contributed by atoms with Crippen molar-refractivity contribution >= 4 is 19.4 Å². The van der Waals surface area contributed by atoms with Crippen LogP contribution in [-0.4, -0.2) is 33.4 Å². The second kappa shape index (κ2) is 9.87. The van der Waals surface area contributed by atoms with Crippen LogP contribution in [0.2, 0.25) is 0 Å². The van der Waals surface area contributed by atoms with Crippen molar-refractivity contribution < 1.29 is 19.1 Å². The molecule has 0 unspecified atom stereocenters. The van der Waals surface area contributed by atoms with Gasteiger partial charge in [-0.1, -0.05) is 31.9 Å². The highest BCUT2D eigenvalue weighted by Crippen LogP contribution is 2.40. The maximum Gasteiger partial charge on any atom is 0.329 e. The molecule has 2 rings (SSSR count). The van der Waals surface area contributed by atoms with E-state index in [4.69, 9.17) is 10.5 Å². The standard InChI is InChI=1S/C19H29N4O4P/c1-4-5-6-9-21-18-16(13(2)22-19(20)23-18)11-15-8-7-14(10-17(15)27-3)12-28(24,25)26/h7-8,10H,4-6,9,11-12H2,1-3H3,(H2,24,25,26)(H3,20,21,22,23). The van der Waals surface area contributed by atoms with E-state index in [1.165, 1.54) is 7.11 Å². The number of hydrogen-bond donors (Lipinski definition) is 4. The number of unbranched alkanes of at least 4 members (excludes halogenated alkanes) is 2. The Labute approximate surface area is 165 Å². The van der Waals surface area contributed by atoms with Crippen LogP contribution in [0.25, 0.3) is 0 Å². The smallest absolute Gasteiger partial charge is 0.329 e. The van der Waals surface area contributed by atoms with Crippen LogP contribution in [-0.2, 0) is 17.1 Å². The third kappa shape index (κ3) is 6.48. The largest absolute Gasteiger partial charge is 0.496 e. The van der Waals surface area contributed by atoms with E-state index in [1.54, 1.807) is 12.1 Å². The van der Waals surface area contributed by atoms with Gasteiger partial charge in [0, 0.05) is 24.2 Å². The van der Waals surface area contributed by atoms with Gasteiger partial charge < -0.3 is 25.6 Å². The van der Waals surface area contributed by atoms with E-state index in [1.807, 2.05) is 13.0 Å². The Morgan fingerprint density at radius 3 is 2.64 bits per heavy atom. The summed E-state index contributed by atoms with van der Waals surface area (Å²) in [6.45, 7) is 4.84. The Morgan fingerprint density at radius 1 is 1.25 bits per heavy atom. The molecule has 0 aliphatic rings. The minimum Gasteiger partial charge on any atom is -0.496 e. The number of nitrogens with zero attached hydrogens (tertiary/aromatic N) is 2. The van der Waals surface area contributed by atoms with Crippen molar-refractivity contribution in [2.45, 2.75) is 45.7 Å². The van der Waals surface area contributed by atoms with Crippen LogP contribution in [0.1, 0.15) is 48.6 Å². The third-order valence-electron chi connectivity index (χ3n) is 4.41. The van der Waals surface area contributed by atoms with Gasteiger partial charge in [-0.15, -0.1) is 0 Å². The molecule has 0 saturated heterocycles. The molecule has 0 bridgehead atoms. The van der Waals surface area contributed by atoms with Gasteiger partial charge >= 0.3 is 7.60 Å². The number of nitrogens with one attached hydrogen (secondary N) is 1. The van der Waals surface area contributed by atoms with Gasteiger partial charge in [-0.25, -0.2) is 4.98 Å². The average Bonchev–Trinajstić information content (AvgIpc) is 2.61. The van der Waals surface area contributed by atoms with Crippen LogP contribution >= 0.6 is 7.60 Å². The monoisotopic (exact) mass is 408 g/mol. The Balaban J connectivity index is 2.29. The van der Waals surface area contributed by atoms with Gasteiger partial charge in [0.15, 0.2) is 0 Å². The molecule has 9 heteroatoms. The van der Waals surface area contributed by atoms with Crippen molar-refractivity contribution in [2.75, 3.05) is 24.7 Å². The predicted octanol–water partition coefficient (Wildman–Crippen LogP) is 3.25. The fourth-order valence-corrected chi connectivity index (χ4v) is 3.69. The summed E-state index contributed by atoms with van der Waals surface area (Å²) < 4.78 is 16.7. The van der Waals surface area contributed by atoms with E-state index in [9.17, 15) is 14.4 Å². The number of benzene rings is 1. The number of ether oxygens (including phenoxy) is 1. The first-order valence-electron chi connectivity index (χ1n) is 9.30. The van der Waals surface area contributed by atoms with Crippen molar-refractivity contribution in [2.24, 2.45) is 0 Å². The Bertz CT molecular complexity index is 854. The van der Waals surface area contributed by atoms with E-state index < -0.39 is 7.60 Å². The van der Waals surface area contributed by atoms with Crippen molar-refractivity contribution in [3.8, 4) is 5.75 Å². The highest BCUT2D eigenvalue weighted by molar-refractivity contribution is 7.50. The van der Waals surface area contributed by atoms with Gasteiger partial charge in [0.05, 0.1) is 13.3 Å². The summed E-state index contributed by atoms with van der Waals surface area (Å²) in [5, 5.41) is 3.35. The molecular formula is C19H29N4O4P. The molecule has 1 aromatic heterocycles. The first kappa shape index (κ1) is 22.1. The molecule has 1 heterocycles. The molecule has 0 fully saturated rings. The minimum atomic E-state index is -4.14. The van der Waals surface area contributed by atoms with Crippen molar-refractivity contribution in [3.63, 3.8) is 0 Å². The first-order valence-corrected chi connectivity index (χ1v) is 11.1. The number of aromatic nitrogens is 2. The van der Waals surface area contributed by atoms with E-state index >= 15 is 0 Å². The maximum absolute atomic E-state index is 11.3. The van der Waals surface area contributed by atoms with Gasteiger partial charge in [-0.05, 0) is 30.5 Å². The Kier molecular flexibility index (Phi) is 7.80. The Morgan fingerprint density at radius 2 is 2.00 bits per heavy atom. The quantitative estimate of drug-likeness (QED) is 0.348. The van der Waals surface area contributed by atoms with Gasteiger partial charge in [0.1, 0.15) is 11.6 Å². The summed E-state index contributed by atoms with van der Waals surface area (Å²) in [6.07, 6.45) is 3.51. The number of hydrogen-bond acceptors (Lipinski definition) is 6. The normalized spacial score (nSPS) is 11.5. The maximum atomic E-state index is 11.3. The van der Waals surface area contributed by atoms with Gasteiger partial charge in [0.2, 0.25) is 5.95 Å².